The van der Waals surface area contributed by atoms with Crippen LogP contribution in [0.4, 0.5) is 5.69 Å². The highest BCUT2D eigenvalue weighted by atomic mass is 32.1. The molecule has 0 spiro atoms. The zero-order valence-electron chi connectivity index (χ0n) is 18.1. The van der Waals surface area contributed by atoms with Gasteiger partial charge in [0.2, 0.25) is 5.91 Å². The molecule has 1 saturated heterocycles. The van der Waals surface area contributed by atoms with Gasteiger partial charge in [0.15, 0.2) is 0 Å². The van der Waals surface area contributed by atoms with Gasteiger partial charge in [0.05, 0.1) is 22.7 Å². The van der Waals surface area contributed by atoms with Crippen LogP contribution in [0.3, 0.4) is 0 Å². The van der Waals surface area contributed by atoms with E-state index in [4.69, 9.17) is 0 Å². The second-order valence-electron chi connectivity index (χ2n) is 7.95. The summed E-state index contributed by atoms with van der Waals surface area (Å²) in [6, 6.07) is 8.80. The van der Waals surface area contributed by atoms with Crippen molar-refractivity contribution in [3.63, 3.8) is 0 Å². The molecule has 1 atom stereocenters. The van der Waals surface area contributed by atoms with Gasteiger partial charge >= 0.3 is 0 Å². The van der Waals surface area contributed by atoms with Crippen LogP contribution in [0.15, 0.2) is 41.1 Å². The van der Waals surface area contributed by atoms with Gasteiger partial charge in [-0.15, -0.1) is 0 Å². The lowest BCUT2D eigenvalue weighted by Crippen LogP contribution is -2.45. The number of benzene rings is 1. The molecule has 6 nitrogen and oxygen atoms in total. The molecule has 1 aliphatic heterocycles. The molecule has 3 rings (SSSR count). The van der Waals surface area contributed by atoms with Crippen LogP contribution in [0.2, 0.25) is 0 Å². The van der Waals surface area contributed by atoms with Crippen molar-refractivity contribution in [3.05, 3.63) is 52.2 Å². The normalized spacial score (nSPS) is 16.0. The molecule has 1 unspecified atom stereocenters. The largest absolute Gasteiger partial charge is 0.356 e. The lowest BCUT2D eigenvalue weighted by atomic mass is 9.96. The molecular weight excluding hydrogens is 410 g/mol. The van der Waals surface area contributed by atoms with E-state index in [1.165, 1.54) is 24.2 Å². The Balaban J connectivity index is 1.60. The van der Waals surface area contributed by atoms with E-state index in [-0.39, 0.29) is 23.6 Å². The van der Waals surface area contributed by atoms with E-state index < -0.39 is 0 Å². The number of piperidine rings is 1. The van der Waals surface area contributed by atoms with E-state index in [0.717, 1.165) is 25.7 Å². The summed E-state index contributed by atoms with van der Waals surface area (Å²) in [6.45, 7) is 3.89. The van der Waals surface area contributed by atoms with Gasteiger partial charge in [-0.2, -0.15) is 11.3 Å². The summed E-state index contributed by atoms with van der Waals surface area (Å²) in [5.41, 5.74) is 1.51. The van der Waals surface area contributed by atoms with Gasteiger partial charge in [0.25, 0.3) is 11.8 Å². The zero-order valence-corrected chi connectivity index (χ0v) is 18.9. The summed E-state index contributed by atoms with van der Waals surface area (Å²) in [7, 11) is 0. The van der Waals surface area contributed by atoms with E-state index in [2.05, 4.69) is 17.6 Å². The molecule has 1 aromatic heterocycles. The average Bonchev–Trinajstić information content (AvgIpc) is 3.34. The van der Waals surface area contributed by atoms with Crippen molar-refractivity contribution in [2.75, 3.05) is 25.0 Å². The monoisotopic (exact) mass is 441 g/mol. The number of hydrogen-bond acceptors (Lipinski definition) is 4. The summed E-state index contributed by atoms with van der Waals surface area (Å²) in [5.74, 6) is -0.536. The van der Waals surface area contributed by atoms with Crippen LogP contribution in [0, 0.1) is 5.92 Å². The number of carbonyl (C=O) groups is 3. The van der Waals surface area contributed by atoms with Crippen molar-refractivity contribution >= 4 is 34.7 Å². The van der Waals surface area contributed by atoms with Crippen molar-refractivity contribution in [2.45, 2.75) is 45.4 Å². The first-order valence-electron chi connectivity index (χ1n) is 11.1. The molecular formula is C24H31N3O3S. The molecule has 0 radical (unpaired) electrons. The molecule has 166 valence electrons. The van der Waals surface area contributed by atoms with E-state index in [9.17, 15) is 14.4 Å². The molecule has 0 saturated carbocycles. The molecule has 7 heteroatoms. The molecule has 3 amide bonds. The van der Waals surface area contributed by atoms with Crippen LogP contribution in [0.1, 0.15) is 66.2 Å². The Kier molecular flexibility index (Phi) is 8.64. The molecule has 1 aliphatic rings. The lowest BCUT2D eigenvalue weighted by Gasteiger charge is -2.32. The molecule has 0 bridgehead atoms. The SMILES string of the molecule is CCCCCCNC(=O)C1CCCN(C(=O)c2ccccc2NC(=O)c2ccsc2)C1. The minimum atomic E-state index is -0.236. The van der Waals surface area contributed by atoms with Crippen LogP contribution in [0.25, 0.3) is 0 Å². The predicted molar refractivity (Wildman–Crippen MR) is 124 cm³/mol. The fourth-order valence-corrected chi connectivity index (χ4v) is 4.46. The minimum absolute atomic E-state index is 0.0352. The van der Waals surface area contributed by atoms with Crippen molar-refractivity contribution in [1.82, 2.24) is 10.2 Å². The summed E-state index contributed by atoms with van der Waals surface area (Å²) >= 11 is 1.45. The van der Waals surface area contributed by atoms with Gasteiger partial charge < -0.3 is 15.5 Å². The summed E-state index contributed by atoms with van der Waals surface area (Å²) < 4.78 is 0. The number of para-hydroxylation sites is 1. The van der Waals surface area contributed by atoms with E-state index >= 15 is 0 Å². The number of likely N-dealkylation sites (tertiary alicyclic amines) is 1. The van der Waals surface area contributed by atoms with Gasteiger partial charge in [-0.1, -0.05) is 38.3 Å². The first-order chi connectivity index (χ1) is 15.1. The second-order valence-corrected chi connectivity index (χ2v) is 8.73. The van der Waals surface area contributed by atoms with E-state index in [1.54, 1.807) is 40.6 Å². The number of nitrogens with one attached hydrogen (secondary N) is 2. The van der Waals surface area contributed by atoms with Gasteiger partial charge in [0.1, 0.15) is 0 Å². The van der Waals surface area contributed by atoms with Crippen molar-refractivity contribution in [2.24, 2.45) is 5.92 Å². The van der Waals surface area contributed by atoms with Gasteiger partial charge in [-0.05, 0) is 42.8 Å². The fourth-order valence-electron chi connectivity index (χ4n) is 3.82. The summed E-state index contributed by atoms with van der Waals surface area (Å²) in [6.07, 6.45) is 6.06. The third-order valence-corrected chi connectivity index (χ3v) is 6.28. The molecule has 1 aromatic carbocycles. The third-order valence-electron chi connectivity index (χ3n) is 5.60. The first kappa shape index (κ1) is 23.0. The Bertz CT molecular complexity index is 882. The molecule has 2 heterocycles. The van der Waals surface area contributed by atoms with Crippen molar-refractivity contribution < 1.29 is 14.4 Å². The van der Waals surface area contributed by atoms with E-state index in [0.29, 0.717) is 36.4 Å². The molecule has 2 N–H and O–H groups in total. The Labute approximate surface area is 188 Å². The van der Waals surface area contributed by atoms with Gasteiger partial charge in [0, 0.05) is 25.0 Å². The lowest BCUT2D eigenvalue weighted by molar-refractivity contribution is -0.126. The molecule has 31 heavy (non-hydrogen) atoms. The minimum Gasteiger partial charge on any atom is -0.356 e. The van der Waals surface area contributed by atoms with Crippen molar-refractivity contribution in [1.29, 1.82) is 0 Å². The number of carbonyl (C=O) groups excluding carboxylic acids is 3. The number of thiophene rings is 1. The van der Waals surface area contributed by atoms with E-state index in [1.807, 2.05) is 5.38 Å². The predicted octanol–water partition coefficient (Wildman–Crippen LogP) is 4.55. The average molecular weight is 442 g/mol. The van der Waals surface area contributed by atoms with Crippen LogP contribution < -0.4 is 10.6 Å². The number of amides is 3. The highest BCUT2D eigenvalue weighted by Crippen LogP contribution is 2.23. The number of rotatable bonds is 9. The maximum atomic E-state index is 13.2. The number of anilines is 1. The van der Waals surface area contributed by atoms with Gasteiger partial charge in [-0.3, -0.25) is 14.4 Å². The summed E-state index contributed by atoms with van der Waals surface area (Å²) in [5, 5.41) is 9.50. The highest BCUT2D eigenvalue weighted by molar-refractivity contribution is 7.08. The number of nitrogens with zero attached hydrogens (tertiary/aromatic N) is 1. The Morgan fingerprint density at radius 2 is 1.97 bits per heavy atom. The smallest absolute Gasteiger partial charge is 0.256 e. The Morgan fingerprint density at radius 3 is 2.74 bits per heavy atom. The zero-order chi connectivity index (χ0) is 22.1. The molecule has 0 aliphatic carbocycles. The third kappa shape index (κ3) is 6.40. The first-order valence-corrected chi connectivity index (χ1v) is 12.0. The maximum Gasteiger partial charge on any atom is 0.256 e. The van der Waals surface area contributed by atoms with Crippen molar-refractivity contribution in [3.8, 4) is 0 Å². The molecule has 2 aromatic rings. The summed E-state index contributed by atoms with van der Waals surface area (Å²) in [4.78, 5) is 40.0. The highest BCUT2D eigenvalue weighted by Gasteiger charge is 2.29. The van der Waals surface area contributed by atoms with Crippen LogP contribution in [-0.4, -0.2) is 42.3 Å². The standard InChI is InChI=1S/C24H31N3O3S/c1-2-3-4-7-13-25-22(28)18-9-8-14-27(16-18)24(30)20-10-5-6-11-21(20)26-23(29)19-12-15-31-17-19/h5-6,10-12,15,17-18H,2-4,7-9,13-14,16H2,1H3,(H,25,28)(H,26,29). The number of hydrogen-bond donors (Lipinski definition) is 2. The fraction of sp³-hybridized carbons (Fsp3) is 0.458. The van der Waals surface area contributed by atoms with Crippen LogP contribution in [-0.2, 0) is 4.79 Å². The Morgan fingerprint density at radius 1 is 1.13 bits per heavy atom. The second kappa shape index (κ2) is 11.6. The topological polar surface area (TPSA) is 78.5 Å². The maximum absolute atomic E-state index is 13.2. The Hall–Kier alpha value is -2.67. The van der Waals surface area contributed by atoms with Crippen LogP contribution >= 0.6 is 11.3 Å². The molecule has 1 fully saturated rings. The number of unbranched alkanes of at least 4 members (excludes halogenated alkanes) is 3. The van der Waals surface area contributed by atoms with Crippen LogP contribution in [0.5, 0.6) is 0 Å². The van der Waals surface area contributed by atoms with Gasteiger partial charge in [-0.25, -0.2) is 0 Å². The quantitative estimate of drug-likeness (QED) is 0.561.